The van der Waals surface area contributed by atoms with Gasteiger partial charge in [0.1, 0.15) is 0 Å². The Hall–Kier alpha value is -3.13. The first kappa shape index (κ1) is 22.1. The van der Waals surface area contributed by atoms with Crippen molar-refractivity contribution in [3.05, 3.63) is 94.5 Å². The zero-order valence-corrected chi connectivity index (χ0v) is 19.0. The van der Waals surface area contributed by atoms with Crippen LogP contribution in [0.5, 0.6) is 0 Å². The highest BCUT2D eigenvalue weighted by atomic mass is 35.5. The number of hydrogen-bond acceptors (Lipinski definition) is 5. The lowest BCUT2D eigenvalue weighted by molar-refractivity contribution is -0.118. The van der Waals surface area contributed by atoms with Gasteiger partial charge in [-0.05, 0) is 29.8 Å². The summed E-state index contributed by atoms with van der Waals surface area (Å²) in [6, 6.07) is 24.7. The van der Waals surface area contributed by atoms with Crippen molar-refractivity contribution in [3.8, 4) is 17.1 Å². The van der Waals surface area contributed by atoms with Gasteiger partial charge in [0, 0.05) is 11.3 Å². The lowest BCUT2D eigenvalue weighted by atomic mass is 10.2. The average molecular weight is 482 g/mol. The van der Waals surface area contributed by atoms with E-state index in [1.54, 1.807) is 18.2 Å². The Balaban J connectivity index is 1.47. The second-order valence-corrected chi connectivity index (χ2v) is 8.36. The maximum atomic E-state index is 12.3. The van der Waals surface area contributed by atoms with Crippen LogP contribution >= 0.6 is 35.0 Å². The van der Waals surface area contributed by atoms with Crippen LogP contribution in [0.1, 0.15) is 5.56 Å². The summed E-state index contributed by atoms with van der Waals surface area (Å²) in [5.41, 5.74) is 5.09. The van der Waals surface area contributed by atoms with Crippen LogP contribution in [-0.4, -0.2) is 32.6 Å². The largest absolute Gasteiger partial charge is 0.272 e. The van der Waals surface area contributed by atoms with Crippen molar-refractivity contribution in [2.24, 2.45) is 5.10 Å². The van der Waals surface area contributed by atoms with Gasteiger partial charge in [0.05, 0.1) is 22.0 Å². The van der Waals surface area contributed by atoms with Crippen LogP contribution in [-0.2, 0) is 4.79 Å². The number of carbonyl (C=O) groups is 1. The summed E-state index contributed by atoms with van der Waals surface area (Å²) in [6.07, 6.45) is 1.50. The van der Waals surface area contributed by atoms with Crippen LogP contribution in [0.3, 0.4) is 0 Å². The van der Waals surface area contributed by atoms with E-state index in [-0.39, 0.29) is 11.7 Å². The fourth-order valence-electron chi connectivity index (χ4n) is 2.88. The third-order valence-electron chi connectivity index (χ3n) is 4.36. The van der Waals surface area contributed by atoms with Gasteiger partial charge in [-0.15, -0.1) is 10.2 Å². The number of amides is 1. The van der Waals surface area contributed by atoms with Crippen LogP contribution in [0.15, 0.2) is 89.1 Å². The molecule has 4 aromatic rings. The normalized spacial score (nSPS) is 11.1. The van der Waals surface area contributed by atoms with Gasteiger partial charge in [-0.2, -0.15) is 5.10 Å². The van der Waals surface area contributed by atoms with E-state index in [0.717, 1.165) is 16.8 Å². The highest BCUT2D eigenvalue weighted by Gasteiger charge is 2.17. The minimum absolute atomic E-state index is 0.123. The number of aromatic nitrogens is 3. The molecule has 0 saturated carbocycles. The molecule has 0 saturated heterocycles. The molecule has 3 aromatic carbocycles. The van der Waals surface area contributed by atoms with Crippen molar-refractivity contribution in [2.75, 3.05) is 5.75 Å². The lowest BCUT2D eigenvalue weighted by Crippen LogP contribution is -2.20. The molecule has 0 aliphatic heterocycles. The molecule has 9 heteroatoms. The first-order chi connectivity index (χ1) is 15.6. The zero-order chi connectivity index (χ0) is 22.3. The molecule has 1 aromatic heterocycles. The molecule has 32 heavy (non-hydrogen) atoms. The Morgan fingerprint density at radius 2 is 1.69 bits per heavy atom. The summed E-state index contributed by atoms with van der Waals surface area (Å²) in [6.45, 7) is 0. The standard InChI is InChI=1S/C23H17Cl2N5OS/c24-19-12-11-16(13-20(19)25)14-26-27-21(31)15-32-23-29-28-22(17-7-3-1-4-8-17)30(23)18-9-5-2-6-10-18/h1-14H,15H2,(H,27,31)/b26-14-. The zero-order valence-electron chi connectivity index (χ0n) is 16.7. The fourth-order valence-corrected chi connectivity index (χ4v) is 3.93. The smallest absolute Gasteiger partial charge is 0.250 e. The number of benzene rings is 3. The van der Waals surface area contributed by atoms with Gasteiger partial charge in [-0.1, -0.05) is 89.6 Å². The van der Waals surface area contributed by atoms with Gasteiger partial charge in [0.15, 0.2) is 11.0 Å². The molecule has 0 fully saturated rings. The summed E-state index contributed by atoms with van der Waals surface area (Å²) in [4.78, 5) is 12.3. The minimum Gasteiger partial charge on any atom is -0.272 e. The number of hydrogen-bond donors (Lipinski definition) is 1. The molecule has 0 atom stereocenters. The Morgan fingerprint density at radius 3 is 2.41 bits per heavy atom. The molecular weight excluding hydrogens is 465 g/mol. The van der Waals surface area contributed by atoms with E-state index in [4.69, 9.17) is 23.2 Å². The van der Waals surface area contributed by atoms with Crippen LogP contribution in [0.4, 0.5) is 0 Å². The Labute approximate surface area is 199 Å². The van der Waals surface area contributed by atoms with Crippen molar-refractivity contribution in [3.63, 3.8) is 0 Å². The van der Waals surface area contributed by atoms with E-state index < -0.39 is 0 Å². The lowest BCUT2D eigenvalue weighted by Gasteiger charge is -2.10. The van der Waals surface area contributed by atoms with Gasteiger partial charge in [0.2, 0.25) is 0 Å². The van der Waals surface area contributed by atoms with E-state index in [1.807, 2.05) is 65.2 Å². The third kappa shape index (κ3) is 5.37. The van der Waals surface area contributed by atoms with Crippen molar-refractivity contribution < 1.29 is 4.79 Å². The molecule has 4 rings (SSSR count). The molecular formula is C23H17Cl2N5OS. The second kappa shape index (κ2) is 10.5. The predicted octanol–water partition coefficient (Wildman–Crippen LogP) is 5.48. The van der Waals surface area contributed by atoms with E-state index >= 15 is 0 Å². The summed E-state index contributed by atoms with van der Waals surface area (Å²) >= 11 is 13.2. The SMILES string of the molecule is O=C(CSc1nnc(-c2ccccc2)n1-c1ccccc1)N/N=C\c1ccc(Cl)c(Cl)c1. The topological polar surface area (TPSA) is 72.2 Å². The predicted molar refractivity (Wildman–Crippen MR) is 130 cm³/mol. The Morgan fingerprint density at radius 1 is 0.969 bits per heavy atom. The van der Waals surface area contributed by atoms with Crippen LogP contribution < -0.4 is 5.43 Å². The van der Waals surface area contributed by atoms with E-state index in [1.165, 1.54) is 18.0 Å². The summed E-state index contributed by atoms with van der Waals surface area (Å²) in [7, 11) is 0. The summed E-state index contributed by atoms with van der Waals surface area (Å²) in [5.74, 6) is 0.561. The molecule has 1 heterocycles. The molecule has 160 valence electrons. The van der Waals surface area contributed by atoms with Crippen LogP contribution in [0.25, 0.3) is 17.1 Å². The van der Waals surface area contributed by atoms with E-state index in [2.05, 4.69) is 20.7 Å². The number of hydrazone groups is 1. The number of para-hydroxylation sites is 1. The number of halogens is 2. The highest BCUT2D eigenvalue weighted by molar-refractivity contribution is 7.99. The quantitative estimate of drug-likeness (QED) is 0.215. The number of carbonyl (C=O) groups excluding carboxylic acids is 1. The number of nitrogens with one attached hydrogen (secondary N) is 1. The maximum Gasteiger partial charge on any atom is 0.250 e. The van der Waals surface area contributed by atoms with Crippen molar-refractivity contribution in [2.45, 2.75) is 5.16 Å². The van der Waals surface area contributed by atoms with Gasteiger partial charge >= 0.3 is 0 Å². The molecule has 0 unspecified atom stereocenters. The van der Waals surface area contributed by atoms with Gasteiger partial charge in [0.25, 0.3) is 5.91 Å². The maximum absolute atomic E-state index is 12.3. The molecule has 1 amide bonds. The first-order valence-corrected chi connectivity index (χ1v) is 11.3. The summed E-state index contributed by atoms with van der Waals surface area (Å²) in [5, 5.41) is 14.2. The number of nitrogens with zero attached hydrogens (tertiary/aromatic N) is 4. The molecule has 0 aliphatic rings. The van der Waals surface area contributed by atoms with E-state index in [9.17, 15) is 4.79 Å². The third-order valence-corrected chi connectivity index (χ3v) is 6.03. The fraction of sp³-hybridized carbons (Fsp3) is 0.0435. The molecule has 0 aliphatic carbocycles. The highest BCUT2D eigenvalue weighted by Crippen LogP contribution is 2.27. The van der Waals surface area contributed by atoms with E-state index in [0.29, 0.717) is 21.0 Å². The monoisotopic (exact) mass is 481 g/mol. The van der Waals surface area contributed by atoms with Crippen molar-refractivity contribution in [1.29, 1.82) is 0 Å². The van der Waals surface area contributed by atoms with Crippen molar-refractivity contribution in [1.82, 2.24) is 20.2 Å². The Kier molecular flexibility index (Phi) is 7.21. The van der Waals surface area contributed by atoms with Crippen LogP contribution in [0.2, 0.25) is 10.0 Å². The molecule has 1 N–H and O–H groups in total. The van der Waals surface area contributed by atoms with Gasteiger partial charge < -0.3 is 0 Å². The molecule has 0 bridgehead atoms. The molecule has 0 radical (unpaired) electrons. The number of thioether (sulfide) groups is 1. The van der Waals surface area contributed by atoms with Crippen molar-refractivity contribution >= 4 is 47.1 Å². The van der Waals surface area contributed by atoms with Gasteiger partial charge in [-0.25, -0.2) is 5.43 Å². The van der Waals surface area contributed by atoms with Gasteiger partial charge in [-0.3, -0.25) is 9.36 Å². The molecule has 0 spiro atoms. The molecule has 6 nitrogen and oxygen atoms in total. The first-order valence-electron chi connectivity index (χ1n) is 9.58. The number of rotatable bonds is 7. The minimum atomic E-state index is -0.268. The second-order valence-electron chi connectivity index (χ2n) is 6.60. The average Bonchev–Trinajstić information content (AvgIpc) is 3.25. The summed E-state index contributed by atoms with van der Waals surface area (Å²) < 4.78 is 1.94. The van der Waals surface area contributed by atoms with Crippen LogP contribution in [0, 0.1) is 0 Å². The Bertz CT molecular complexity index is 1250.